The van der Waals surface area contributed by atoms with Crippen molar-refractivity contribution >= 4 is 17.2 Å². The van der Waals surface area contributed by atoms with E-state index in [2.05, 4.69) is 10.1 Å². The van der Waals surface area contributed by atoms with Gasteiger partial charge in [0.15, 0.2) is 5.82 Å². The lowest BCUT2D eigenvalue weighted by Gasteiger charge is -2.15. The fourth-order valence-corrected chi connectivity index (χ4v) is 3.68. The van der Waals surface area contributed by atoms with Crippen LogP contribution < -0.4 is 4.74 Å². The number of thiophene rings is 1. The molecule has 152 valence electrons. The minimum absolute atomic E-state index is 0.0822. The Hall–Kier alpha value is -3.52. The number of benzene rings is 2. The third-order valence-electron chi connectivity index (χ3n) is 4.54. The van der Waals surface area contributed by atoms with Gasteiger partial charge in [-0.15, -0.1) is 16.4 Å². The molecule has 0 aliphatic heterocycles. The van der Waals surface area contributed by atoms with Crippen molar-refractivity contribution in [2.45, 2.75) is 6.54 Å². The molecule has 0 N–H and O–H groups in total. The van der Waals surface area contributed by atoms with E-state index in [-0.39, 0.29) is 17.5 Å². The van der Waals surface area contributed by atoms with Crippen molar-refractivity contribution in [2.75, 3.05) is 14.2 Å². The first-order chi connectivity index (χ1) is 14.5. The van der Waals surface area contributed by atoms with E-state index in [0.717, 1.165) is 16.2 Å². The zero-order valence-electron chi connectivity index (χ0n) is 16.4. The molecule has 0 aliphatic carbocycles. The number of amides is 1. The lowest BCUT2D eigenvalue weighted by atomic mass is 10.2. The highest BCUT2D eigenvalue weighted by atomic mass is 32.1. The molecule has 0 bridgehead atoms. The number of nitrogens with zero attached hydrogens (tertiary/aromatic N) is 4. The molecule has 2 aromatic heterocycles. The summed E-state index contributed by atoms with van der Waals surface area (Å²) in [6.45, 7) is 0.405. The minimum Gasteiger partial charge on any atom is -0.497 e. The monoisotopic (exact) mass is 422 g/mol. The van der Waals surface area contributed by atoms with Crippen LogP contribution >= 0.6 is 11.3 Å². The second-order valence-corrected chi connectivity index (χ2v) is 7.58. The molecule has 0 saturated heterocycles. The van der Waals surface area contributed by atoms with Crippen LogP contribution in [-0.2, 0) is 6.54 Å². The lowest BCUT2D eigenvalue weighted by molar-refractivity contribution is 0.0773. The highest BCUT2D eigenvalue weighted by Crippen LogP contribution is 2.26. The average molecular weight is 422 g/mol. The molecular formula is C22H19FN4O2S. The van der Waals surface area contributed by atoms with E-state index in [1.807, 2.05) is 41.8 Å². The summed E-state index contributed by atoms with van der Waals surface area (Å²) >= 11 is 1.49. The summed E-state index contributed by atoms with van der Waals surface area (Å²) in [4.78, 5) is 19.9. The minimum atomic E-state index is -0.341. The van der Waals surface area contributed by atoms with Gasteiger partial charge in [0, 0.05) is 13.6 Å². The van der Waals surface area contributed by atoms with Gasteiger partial charge in [-0.2, -0.15) is 0 Å². The average Bonchev–Trinajstić information content (AvgIpc) is 3.44. The van der Waals surface area contributed by atoms with Crippen LogP contribution in [0.4, 0.5) is 4.39 Å². The lowest BCUT2D eigenvalue weighted by Crippen LogP contribution is -2.27. The van der Waals surface area contributed by atoms with E-state index in [9.17, 15) is 9.18 Å². The molecule has 2 aromatic carbocycles. The highest BCUT2D eigenvalue weighted by molar-refractivity contribution is 7.13. The van der Waals surface area contributed by atoms with Crippen molar-refractivity contribution in [1.82, 2.24) is 19.7 Å². The predicted molar refractivity (Wildman–Crippen MR) is 113 cm³/mol. The second kappa shape index (κ2) is 8.46. The van der Waals surface area contributed by atoms with Crippen LogP contribution in [0, 0.1) is 5.82 Å². The molecule has 30 heavy (non-hydrogen) atoms. The van der Waals surface area contributed by atoms with Crippen LogP contribution in [0.15, 0.2) is 66.0 Å². The molecule has 0 spiro atoms. The Bertz CT molecular complexity index is 1140. The van der Waals surface area contributed by atoms with Crippen molar-refractivity contribution in [3.05, 3.63) is 83.2 Å². The van der Waals surface area contributed by atoms with Crippen molar-refractivity contribution in [2.24, 2.45) is 0 Å². The van der Waals surface area contributed by atoms with E-state index in [0.29, 0.717) is 18.1 Å². The number of carbonyl (C=O) groups is 1. The summed E-state index contributed by atoms with van der Waals surface area (Å²) in [5, 5.41) is 6.36. The van der Waals surface area contributed by atoms with E-state index < -0.39 is 0 Å². The van der Waals surface area contributed by atoms with Gasteiger partial charge in [0.25, 0.3) is 5.91 Å². The zero-order valence-corrected chi connectivity index (χ0v) is 17.3. The smallest absolute Gasteiger partial charge is 0.293 e. The van der Waals surface area contributed by atoms with Crippen LogP contribution in [0.3, 0.4) is 0 Å². The summed E-state index contributed by atoms with van der Waals surface area (Å²) in [7, 11) is 3.31. The Labute approximate surface area is 177 Å². The third-order valence-corrected chi connectivity index (χ3v) is 5.40. The zero-order chi connectivity index (χ0) is 21.1. The van der Waals surface area contributed by atoms with E-state index in [1.54, 1.807) is 35.9 Å². The summed E-state index contributed by atoms with van der Waals surface area (Å²) in [6.07, 6.45) is 0. The van der Waals surface area contributed by atoms with Gasteiger partial charge in [-0.1, -0.05) is 18.2 Å². The van der Waals surface area contributed by atoms with Gasteiger partial charge in [0.1, 0.15) is 11.6 Å². The molecular weight excluding hydrogens is 403 g/mol. The van der Waals surface area contributed by atoms with Crippen LogP contribution in [0.5, 0.6) is 5.75 Å². The molecule has 8 heteroatoms. The van der Waals surface area contributed by atoms with Crippen LogP contribution in [0.1, 0.15) is 16.2 Å². The first kappa shape index (κ1) is 19.8. The van der Waals surface area contributed by atoms with Crippen molar-refractivity contribution in [3.63, 3.8) is 0 Å². The number of hydrogen-bond donors (Lipinski definition) is 0. The maximum absolute atomic E-state index is 13.4. The maximum atomic E-state index is 13.4. The molecule has 2 heterocycles. The van der Waals surface area contributed by atoms with Gasteiger partial charge in [-0.05, 0) is 53.4 Å². The fraction of sp³-hybridized carbons (Fsp3) is 0.136. The molecule has 4 aromatic rings. The van der Waals surface area contributed by atoms with Crippen LogP contribution in [0.25, 0.3) is 16.4 Å². The molecule has 0 atom stereocenters. The van der Waals surface area contributed by atoms with Gasteiger partial charge >= 0.3 is 0 Å². The number of rotatable bonds is 6. The third kappa shape index (κ3) is 4.08. The standard InChI is InChI=1S/C22H19FN4O2S/c1-26(14-15-5-11-18(29-2)12-6-15)22(28)20-24-21(19-4-3-13-30-19)27(25-20)17-9-7-16(23)8-10-17/h3-13H,14H2,1-2H3. The van der Waals surface area contributed by atoms with E-state index in [4.69, 9.17) is 4.74 Å². The number of hydrogen-bond acceptors (Lipinski definition) is 5. The van der Waals surface area contributed by atoms with Crippen molar-refractivity contribution in [3.8, 4) is 22.1 Å². The summed E-state index contributed by atoms with van der Waals surface area (Å²) in [5.41, 5.74) is 1.59. The van der Waals surface area contributed by atoms with Gasteiger partial charge in [-0.25, -0.2) is 14.1 Å². The number of methoxy groups -OCH3 is 1. The van der Waals surface area contributed by atoms with Gasteiger partial charge in [-0.3, -0.25) is 4.79 Å². The molecule has 6 nitrogen and oxygen atoms in total. The first-order valence-electron chi connectivity index (χ1n) is 9.20. The van der Waals surface area contributed by atoms with Gasteiger partial charge in [0.05, 0.1) is 17.7 Å². The Morgan fingerprint density at radius 2 is 1.87 bits per heavy atom. The van der Waals surface area contributed by atoms with E-state index >= 15 is 0 Å². The molecule has 4 rings (SSSR count). The Morgan fingerprint density at radius 1 is 1.13 bits per heavy atom. The fourth-order valence-electron chi connectivity index (χ4n) is 2.98. The Balaban J connectivity index is 1.63. The van der Waals surface area contributed by atoms with Gasteiger partial charge in [0.2, 0.25) is 5.82 Å². The van der Waals surface area contributed by atoms with E-state index in [1.165, 1.54) is 23.5 Å². The topological polar surface area (TPSA) is 60.2 Å². The largest absolute Gasteiger partial charge is 0.497 e. The highest BCUT2D eigenvalue weighted by Gasteiger charge is 2.22. The SMILES string of the molecule is COc1ccc(CN(C)C(=O)c2nc(-c3cccs3)n(-c3ccc(F)cc3)n2)cc1. The molecule has 0 radical (unpaired) electrons. The van der Waals surface area contributed by atoms with Gasteiger partial charge < -0.3 is 9.64 Å². The maximum Gasteiger partial charge on any atom is 0.293 e. The number of halogens is 1. The van der Waals surface area contributed by atoms with Crippen LogP contribution in [-0.4, -0.2) is 39.7 Å². The molecule has 1 amide bonds. The molecule has 0 saturated carbocycles. The van der Waals surface area contributed by atoms with Crippen LogP contribution in [0.2, 0.25) is 0 Å². The molecule has 0 unspecified atom stereocenters. The number of aromatic nitrogens is 3. The Morgan fingerprint density at radius 3 is 2.50 bits per heavy atom. The Kier molecular flexibility index (Phi) is 5.58. The number of ether oxygens (including phenoxy) is 1. The molecule has 0 aliphatic rings. The first-order valence-corrected chi connectivity index (χ1v) is 10.1. The summed E-state index contributed by atoms with van der Waals surface area (Å²) < 4.78 is 20.1. The predicted octanol–water partition coefficient (Wildman–Crippen LogP) is 4.42. The second-order valence-electron chi connectivity index (χ2n) is 6.63. The summed E-state index contributed by atoms with van der Waals surface area (Å²) in [5.74, 6) is 0.737. The van der Waals surface area contributed by atoms with Crippen molar-refractivity contribution < 1.29 is 13.9 Å². The number of carbonyl (C=O) groups excluding carboxylic acids is 1. The molecule has 0 fully saturated rings. The quantitative estimate of drug-likeness (QED) is 0.462. The summed E-state index contributed by atoms with van der Waals surface area (Å²) in [6, 6.07) is 17.2. The normalized spacial score (nSPS) is 10.8. The van der Waals surface area contributed by atoms with Crippen molar-refractivity contribution in [1.29, 1.82) is 0 Å².